The molecule has 4 heterocycles. The Hall–Kier alpha value is -3.59. The number of amides is 1. The minimum absolute atomic E-state index is 0.223. The van der Waals surface area contributed by atoms with Crippen molar-refractivity contribution in [2.45, 2.75) is 39.8 Å². The van der Waals surface area contributed by atoms with Crippen LogP contribution in [-0.4, -0.2) is 50.4 Å². The molecule has 1 aliphatic heterocycles. The molecule has 9 heteroatoms. The van der Waals surface area contributed by atoms with E-state index < -0.39 is 5.82 Å². The van der Waals surface area contributed by atoms with Crippen LogP contribution in [0.4, 0.5) is 15.8 Å². The summed E-state index contributed by atoms with van der Waals surface area (Å²) in [7, 11) is 0. The van der Waals surface area contributed by atoms with E-state index in [1.807, 2.05) is 13.0 Å². The molecule has 2 atom stereocenters. The standard InChI is InChI=1S/C24H26FN7O/c1-13-8-26-21-18(5-6-20(22(21)28-13)31-9-14(2)27-15(3)10-31)24(33)30-17-7-19(25)23-29-16(4)11-32(23)12-17/h5-8,11-12,14-15,27H,9-10H2,1-4H3,(H,30,33)/t14-,15+. The second kappa shape index (κ2) is 8.08. The molecule has 1 amide bonds. The quantitative estimate of drug-likeness (QED) is 0.500. The summed E-state index contributed by atoms with van der Waals surface area (Å²) >= 11 is 0. The van der Waals surface area contributed by atoms with E-state index in [0.29, 0.717) is 40.1 Å². The molecule has 2 N–H and O–H groups in total. The zero-order valence-corrected chi connectivity index (χ0v) is 19.1. The minimum atomic E-state index is -0.501. The number of aromatic nitrogens is 4. The number of hydrogen-bond donors (Lipinski definition) is 2. The first-order chi connectivity index (χ1) is 15.8. The van der Waals surface area contributed by atoms with E-state index >= 15 is 0 Å². The normalized spacial score (nSPS) is 18.8. The number of nitrogens with one attached hydrogen (secondary N) is 2. The van der Waals surface area contributed by atoms with Gasteiger partial charge in [0.1, 0.15) is 11.0 Å². The Kier molecular flexibility index (Phi) is 5.20. The van der Waals surface area contributed by atoms with E-state index in [2.05, 4.69) is 39.3 Å². The summed E-state index contributed by atoms with van der Waals surface area (Å²) < 4.78 is 16.0. The molecule has 3 aromatic heterocycles. The lowest BCUT2D eigenvalue weighted by Crippen LogP contribution is -2.54. The lowest BCUT2D eigenvalue weighted by atomic mass is 10.1. The zero-order chi connectivity index (χ0) is 23.3. The van der Waals surface area contributed by atoms with Crippen LogP contribution in [0.5, 0.6) is 0 Å². The lowest BCUT2D eigenvalue weighted by molar-refractivity contribution is 0.102. The van der Waals surface area contributed by atoms with Crippen LogP contribution in [0.25, 0.3) is 16.7 Å². The summed E-state index contributed by atoms with van der Waals surface area (Å²) in [4.78, 5) is 28.9. The fraction of sp³-hybridized carbons (Fsp3) is 0.333. The second-order valence-corrected chi connectivity index (χ2v) is 8.86. The van der Waals surface area contributed by atoms with Gasteiger partial charge in [-0.15, -0.1) is 0 Å². The molecule has 170 valence electrons. The maximum absolute atomic E-state index is 14.5. The number of aryl methyl sites for hydroxylation is 2. The number of anilines is 2. The van der Waals surface area contributed by atoms with Gasteiger partial charge in [-0.1, -0.05) is 0 Å². The van der Waals surface area contributed by atoms with Gasteiger partial charge in [0.15, 0.2) is 11.5 Å². The smallest absolute Gasteiger partial charge is 0.257 e. The summed E-state index contributed by atoms with van der Waals surface area (Å²) in [6.07, 6.45) is 5.01. The van der Waals surface area contributed by atoms with Gasteiger partial charge in [0.2, 0.25) is 0 Å². The third-order valence-corrected chi connectivity index (χ3v) is 5.83. The largest absolute Gasteiger partial charge is 0.367 e. The summed E-state index contributed by atoms with van der Waals surface area (Å²) in [6, 6.07) is 5.64. The van der Waals surface area contributed by atoms with Gasteiger partial charge in [-0.05, 0) is 39.8 Å². The number of imidazole rings is 1. The van der Waals surface area contributed by atoms with Crippen LogP contribution in [0.2, 0.25) is 0 Å². The molecule has 4 aromatic rings. The zero-order valence-electron chi connectivity index (χ0n) is 19.1. The molecule has 8 nitrogen and oxygen atoms in total. The number of pyridine rings is 1. The van der Waals surface area contributed by atoms with Crippen molar-refractivity contribution in [2.24, 2.45) is 0 Å². The molecule has 0 radical (unpaired) electrons. The van der Waals surface area contributed by atoms with E-state index in [9.17, 15) is 9.18 Å². The predicted molar refractivity (Wildman–Crippen MR) is 126 cm³/mol. The lowest BCUT2D eigenvalue weighted by Gasteiger charge is -2.38. The summed E-state index contributed by atoms with van der Waals surface area (Å²) in [5.74, 6) is -0.874. The molecule has 0 bridgehead atoms. The highest BCUT2D eigenvalue weighted by atomic mass is 19.1. The van der Waals surface area contributed by atoms with E-state index in [-0.39, 0.29) is 11.6 Å². The molecule has 1 aliphatic rings. The van der Waals surface area contributed by atoms with Gasteiger partial charge in [0, 0.05) is 49.8 Å². The average Bonchev–Trinajstić information content (AvgIpc) is 3.12. The molecule has 5 rings (SSSR count). The van der Waals surface area contributed by atoms with Gasteiger partial charge in [-0.25, -0.2) is 14.4 Å². The van der Waals surface area contributed by atoms with Crippen LogP contribution < -0.4 is 15.5 Å². The number of hydrogen-bond acceptors (Lipinski definition) is 6. The highest BCUT2D eigenvalue weighted by Gasteiger charge is 2.25. The van der Waals surface area contributed by atoms with Gasteiger partial charge in [-0.2, -0.15) is 0 Å². The van der Waals surface area contributed by atoms with E-state index in [0.717, 1.165) is 24.5 Å². The first-order valence-corrected chi connectivity index (χ1v) is 11.0. The first kappa shape index (κ1) is 21.3. The van der Waals surface area contributed by atoms with Crippen LogP contribution in [0.15, 0.2) is 36.8 Å². The predicted octanol–water partition coefficient (Wildman–Crippen LogP) is 3.47. The number of piperazine rings is 1. The van der Waals surface area contributed by atoms with Crippen molar-refractivity contribution in [3.8, 4) is 0 Å². The van der Waals surface area contributed by atoms with E-state index in [1.54, 1.807) is 36.0 Å². The molecule has 1 saturated heterocycles. The third kappa shape index (κ3) is 4.00. The van der Waals surface area contributed by atoms with Crippen LogP contribution in [0.1, 0.15) is 35.6 Å². The number of rotatable bonds is 3. The Morgan fingerprint density at radius 1 is 1.09 bits per heavy atom. The summed E-state index contributed by atoms with van der Waals surface area (Å²) in [5.41, 5.74) is 4.59. The fourth-order valence-electron chi connectivity index (χ4n) is 4.58. The number of nitrogens with zero attached hydrogens (tertiary/aromatic N) is 5. The third-order valence-electron chi connectivity index (χ3n) is 5.83. The highest BCUT2D eigenvalue weighted by molar-refractivity contribution is 6.13. The second-order valence-electron chi connectivity index (χ2n) is 8.86. The van der Waals surface area contributed by atoms with Gasteiger partial charge in [0.25, 0.3) is 5.91 Å². The Morgan fingerprint density at radius 2 is 1.85 bits per heavy atom. The topological polar surface area (TPSA) is 87.5 Å². The van der Waals surface area contributed by atoms with E-state index in [4.69, 9.17) is 4.98 Å². The van der Waals surface area contributed by atoms with Gasteiger partial charge in [0.05, 0.1) is 28.3 Å². The Morgan fingerprint density at radius 3 is 2.61 bits per heavy atom. The van der Waals surface area contributed by atoms with Crippen molar-refractivity contribution in [1.29, 1.82) is 0 Å². The summed E-state index contributed by atoms with van der Waals surface area (Å²) in [6.45, 7) is 9.66. The molecule has 0 aliphatic carbocycles. The molecular formula is C24H26FN7O. The molecule has 1 fully saturated rings. The maximum atomic E-state index is 14.5. The van der Waals surface area contributed by atoms with Crippen LogP contribution in [-0.2, 0) is 0 Å². The minimum Gasteiger partial charge on any atom is -0.367 e. The van der Waals surface area contributed by atoms with Crippen molar-refractivity contribution in [3.63, 3.8) is 0 Å². The molecule has 0 saturated carbocycles. The monoisotopic (exact) mass is 447 g/mol. The van der Waals surface area contributed by atoms with Crippen molar-refractivity contribution < 1.29 is 9.18 Å². The van der Waals surface area contributed by atoms with Crippen LogP contribution in [0.3, 0.4) is 0 Å². The van der Waals surface area contributed by atoms with Crippen LogP contribution >= 0.6 is 0 Å². The number of benzene rings is 1. The fourth-order valence-corrected chi connectivity index (χ4v) is 4.58. The highest BCUT2D eigenvalue weighted by Crippen LogP contribution is 2.29. The average molecular weight is 448 g/mol. The number of carbonyl (C=O) groups excluding carboxylic acids is 1. The molecular weight excluding hydrogens is 421 g/mol. The number of halogens is 1. The number of carbonyl (C=O) groups is 1. The number of fused-ring (bicyclic) bond motifs is 2. The van der Waals surface area contributed by atoms with E-state index in [1.165, 1.54) is 6.07 Å². The molecule has 1 aromatic carbocycles. The van der Waals surface area contributed by atoms with Crippen molar-refractivity contribution in [3.05, 3.63) is 59.6 Å². The van der Waals surface area contributed by atoms with Gasteiger partial charge >= 0.3 is 0 Å². The van der Waals surface area contributed by atoms with Crippen molar-refractivity contribution >= 4 is 34.0 Å². The Labute approximate surface area is 190 Å². The van der Waals surface area contributed by atoms with Crippen molar-refractivity contribution in [2.75, 3.05) is 23.3 Å². The first-order valence-electron chi connectivity index (χ1n) is 11.0. The Bertz CT molecular complexity index is 1370. The molecule has 0 spiro atoms. The Balaban J connectivity index is 1.53. The van der Waals surface area contributed by atoms with Gasteiger partial charge in [-0.3, -0.25) is 9.78 Å². The summed E-state index contributed by atoms with van der Waals surface area (Å²) in [5, 5.41) is 6.34. The molecule has 33 heavy (non-hydrogen) atoms. The maximum Gasteiger partial charge on any atom is 0.257 e. The van der Waals surface area contributed by atoms with Crippen LogP contribution in [0, 0.1) is 19.7 Å². The SMILES string of the molecule is Cc1cnc2c(C(=O)Nc3cc(F)c4nc(C)cn4c3)ccc(N3C[C@@H](C)N[C@@H](C)C3)c2n1. The van der Waals surface area contributed by atoms with Crippen molar-refractivity contribution in [1.82, 2.24) is 24.7 Å². The molecule has 0 unspecified atom stereocenters. The van der Waals surface area contributed by atoms with Gasteiger partial charge < -0.3 is 19.9 Å².